The minimum atomic E-state index is -0.556. The first-order valence-corrected chi connectivity index (χ1v) is 27.6. The van der Waals surface area contributed by atoms with Crippen LogP contribution in [0.1, 0.15) is 44.5 Å². The predicted octanol–water partition coefficient (Wildman–Crippen LogP) is 20.0. The molecule has 2 atom stereocenters. The van der Waals surface area contributed by atoms with E-state index in [1.165, 1.54) is 133 Å². The van der Waals surface area contributed by atoms with Gasteiger partial charge in [-0.2, -0.15) is 0 Å². The van der Waals surface area contributed by atoms with E-state index < -0.39 is 10.8 Å². The van der Waals surface area contributed by atoms with Gasteiger partial charge in [-0.15, -0.1) is 0 Å². The van der Waals surface area contributed by atoms with Crippen LogP contribution in [0, 0.1) is 0 Å². The third-order valence-electron chi connectivity index (χ3n) is 18.1. The molecule has 17 rings (SSSR count). The summed E-state index contributed by atoms with van der Waals surface area (Å²) in [6, 6.07) is 112. The second-order valence-corrected chi connectivity index (χ2v) is 21.8. The number of fused-ring (bicyclic) bond motifs is 21. The highest BCUT2D eigenvalue weighted by Crippen LogP contribution is 2.66. The number of anilines is 3. The summed E-state index contributed by atoms with van der Waals surface area (Å²) < 4.78 is 0. The second-order valence-electron chi connectivity index (χ2n) is 21.8. The Morgan fingerprint density at radius 2 is 0.519 bits per heavy atom. The topological polar surface area (TPSA) is 3.24 Å². The zero-order valence-corrected chi connectivity index (χ0v) is 43.2. The normalized spacial score (nSPS) is 16.2. The molecule has 2 unspecified atom stereocenters. The first kappa shape index (κ1) is 44.1. The van der Waals surface area contributed by atoms with Gasteiger partial charge in [-0.3, -0.25) is 0 Å². The third-order valence-corrected chi connectivity index (χ3v) is 18.1. The van der Waals surface area contributed by atoms with E-state index >= 15 is 0 Å². The molecule has 0 bridgehead atoms. The molecule has 0 saturated heterocycles. The molecule has 2 spiro atoms. The average Bonchev–Trinajstić information content (AvgIpc) is 2.62. The van der Waals surface area contributed by atoms with Crippen LogP contribution < -0.4 is 4.90 Å². The van der Waals surface area contributed by atoms with Crippen molar-refractivity contribution in [2.24, 2.45) is 0 Å². The van der Waals surface area contributed by atoms with Crippen molar-refractivity contribution in [3.63, 3.8) is 0 Å². The molecule has 1 nitrogen and oxygen atoms in total. The molecule has 0 fully saturated rings. The molecular formula is C78H49N. The first-order valence-electron chi connectivity index (χ1n) is 27.6. The highest BCUT2D eigenvalue weighted by atomic mass is 15.1. The maximum Gasteiger partial charge on any atom is 0.0726 e. The van der Waals surface area contributed by atoms with Gasteiger partial charge in [0, 0.05) is 17.1 Å². The van der Waals surface area contributed by atoms with Gasteiger partial charge in [0.1, 0.15) is 0 Å². The minimum Gasteiger partial charge on any atom is -0.310 e. The molecule has 0 saturated carbocycles. The molecule has 0 aliphatic heterocycles. The van der Waals surface area contributed by atoms with Crippen LogP contribution in [0.3, 0.4) is 0 Å². The average molecular weight is 1000 g/mol. The van der Waals surface area contributed by atoms with Gasteiger partial charge in [0.05, 0.1) is 10.8 Å². The number of benzene rings is 13. The van der Waals surface area contributed by atoms with Crippen molar-refractivity contribution in [2.45, 2.75) is 10.8 Å². The molecule has 4 aliphatic rings. The molecule has 1 heteroatoms. The quantitative estimate of drug-likeness (QED) is 0.160. The van der Waals surface area contributed by atoms with Crippen LogP contribution in [0.2, 0.25) is 0 Å². The Hall–Kier alpha value is -10.1. The minimum absolute atomic E-state index is 0.556. The van der Waals surface area contributed by atoms with Crippen molar-refractivity contribution < 1.29 is 0 Å². The Morgan fingerprint density at radius 1 is 0.190 bits per heavy atom. The first-order chi connectivity index (χ1) is 39.2. The SMILES string of the molecule is c1ccc(-c2ccc3c(c2)C2(c4ccccc4-3)c3ccccc3-c3ccc(N(c4ccc(-c5cccc6ccccc56)cc4)c4ccc5c(c4)C4(c6ccccc6-c6ccc(-c7ccccc7)cc64)c4ccccc4-5)cc32)cc1. The highest BCUT2D eigenvalue weighted by Gasteiger charge is 2.54. The van der Waals surface area contributed by atoms with Crippen molar-refractivity contribution >= 4 is 27.8 Å². The van der Waals surface area contributed by atoms with E-state index in [1.54, 1.807) is 0 Å². The van der Waals surface area contributed by atoms with E-state index in [9.17, 15) is 0 Å². The number of rotatable bonds is 6. The zero-order valence-electron chi connectivity index (χ0n) is 43.2. The van der Waals surface area contributed by atoms with Crippen LogP contribution in [0.25, 0.3) is 88.7 Å². The highest BCUT2D eigenvalue weighted by molar-refractivity contribution is 6.01. The van der Waals surface area contributed by atoms with Crippen molar-refractivity contribution in [1.29, 1.82) is 0 Å². The number of nitrogens with zero attached hydrogens (tertiary/aromatic N) is 1. The van der Waals surface area contributed by atoms with E-state index in [-0.39, 0.29) is 0 Å². The molecule has 4 aliphatic carbocycles. The Labute approximate surface area is 460 Å². The van der Waals surface area contributed by atoms with Gasteiger partial charge < -0.3 is 4.90 Å². The lowest BCUT2D eigenvalue weighted by molar-refractivity contribution is 0.793. The van der Waals surface area contributed by atoms with Crippen molar-refractivity contribution in [2.75, 3.05) is 4.90 Å². The molecule has 0 N–H and O–H groups in total. The maximum atomic E-state index is 2.54. The van der Waals surface area contributed by atoms with Gasteiger partial charge >= 0.3 is 0 Å². The molecule has 79 heavy (non-hydrogen) atoms. The Bertz CT molecular complexity index is 4400. The van der Waals surface area contributed by atoms with E-state index in [2.05, 4.69) is 302 Å². The lowest BCUT2D eigenvalue weighted by atomic mass is 9.70. The lowest BCUT2D eigenvalue weighted by Crippen LogP contribution is -2.26. The van der Waals surface area contributed by atoms with E-state index in [4.69, 9.17) is 0 Å². The van der Waals surface area contributed by atoms with Crippen LogP contribution in [-0.4, -0.2) is 0 Å². The van der Waals surface area contributed by atoms with Crippen molar-refractivity contribution in [3.05, 3.63) is 342 Å². The van der Waals surface area contributed by atoms with Crippen molar-refractivity contribution in [1.82, 2.24) is 0 Å². The predicted molar refractivity (Wildman–Crippen MR) is 328 cm³/mol. The second kappa shape index (κ2) is 16.7. The van der Waals surface area contributed by atoms with E-state index in [0.717, 1.165) is 17.1 Å². The van der Waals surface area contributed by atoms with Gasteiger partial charge in [-0.25, -0.2) is 0 Å². The standard InChI is InChI=1S/C78H49N/c1-3-18-50(19-4-1)54-36-42-65-61-25-9-13-30-69(61)77(73(65)46-54)71-32-15-11-27-63(71)67-44-40-57(48-75(67)77)79(56-38-34-53(35-39-56)60-29-17-23-52-22-7-8-24-59(52)60)58-41-45-68-64-28-12-16-33-72(64)78(76(68)49-58)70-31-14-10-26-62(70)66-43-37-55(47-74(66)78)51-20-5-2-6-21-51/h1-49H. The fourth-order valence-corrected chi connectivity index (χ4v) is 14.9. The summed E-state index contributed by atoms with van der Waals surface area (Å²) in [7, 11) is 0. The summed E-state index contributed by atoms with van der Waals surface area (Å²) >= 11 is 0. The molecule has 0 heterocycles. The Balaban J connectivity index is 0.920. The number of hydrogen-bond donors (Lipinski definition) is 0. The molecule has 0 aromatic heterocycles. The van der Waals surface area contributed by atoms with Crippen LogP contribution in [0.4, 0.5) is 17.1 Å². The zero-order chi connectivity index (χ0) is 51.8. The smallest absolute Gasteiger partial charge is 0.0726 e. The van der Waals surface area contributed by atoms with Gasteiger partial charge in [-0.05, 0) is 182 Å². The lowest BCUT2D eigenvalue weighted by Gasteiger charge is -2.34. The van der Waals surface area contributed by atoms with Crippen LogP contribution in [-0.2, 0) is 10.8 Å². The largest absolute Gasteiger partial charge is 0.310 e. The van der Waals surface area contributed by atoms with Gasteiger partial charge in [-0.1, -0.05) is 249 Å². The monoisotopic (exact) mass is 999 g/mol. The summed E-state index contributed by atoms with van der Waals surface area (Å²) in [6.45, 7) is 0. The van der Waals surface area contributed by atoms with Gasteiger partial charge in [0.15, 0.2) is 0 Å². The summed E-state index contributed by atoms with van der Waals surface area (Å²) in [5.74, 6) is 0. The summed E-state index contributed by atoms with van der Waals surface area (Å²) in [6.07, 6.45) is 0. The summed E-state index contributed by atoms with van der Waals surface area (Å²) in [4.78, 5) is 2.53. The van der Waals surface area contributed by atoms with Crippen LogP contribution >= 0.6 is 0 Å². The van der Waals surface area contributed by atoms with Gasteiger partial charge in [0.25, 0.3) is 0 Å². The summed E-state index contributed by atoms with van der Waals surface area (Å²) in [5.41, 5.74) is 30.4. The van der Waals surface area contributed by atoms with Gasteiger partial charge in [0.2, 0.25) is 0 Å². The fraction of sp³-hybridized carbons (Fsp3) is 0.0256. The molecule has 13 aromatic carbocycles. The fourth-order valence-electron chi connectivity index (χ4n) is 14.9. The molecule has 0 radical (unpaired) electrons. The third kappa shape index (κ3) is 6.05. The Kier molecular flexibility index (Phi) is 9.33. The van der Waals surface area contributed by atoms with Crippen LogP contribution in [0.5, 0.6) is 0 Å². The van der Waals surface area contributed by atoms with Crippen LogP contribution in [0.15, 0.2) is 297 Å². The van der Waals surface area contributed by atoms with E-state index in [0.29, 0.717) is 0 Å². The molecule has 0 amide bonds. The molecule has 366 valence electrons. The summed E-state index contributed by atoms with van der Waals surface area (Å²) in [5, 5.41) is 2.49. The number of hydrogen-bond acceptors (Lipinski definition) is 1. The van der Waals surface area contributed by atoms with Crippen molar-refractivity contribution in [3.8, 4) is 77.9 Å². The molecular weight excluding hydrogens is 951 g/mol. The van der Waals surface area contributed by atoms with E-state index in [1.807, 2.05) is 0 Å². The maximum absolute atomic E-state index is 2.54. The Morgan fingerprint density at radius 3 is 0.987 bits per heavy atom. The molecule has 13 aromatic rings.